The maximum Gasteiger partial charge on any atom is 0.107 e. The molecule has 0 fully saturated rings. The van der Waals surface area contributed by atoms with E-state index in [1.807, 2.05) is 0 Å². The molecule has 0 aromatic carbocycles. The van der Waals surface area contributed by atoms with Gasteiger partial charge in [0.05, 0.1) is 4.91 Å². The van der Waals surface area contributed by atoms with Crippen LogP contribution >= 0.6 is 11.9 Å². The molecule has 0 heterocycles. The van der Waals surface area contributed by atoms with Gasteiger partial charge in [-0.1, -0.05) is 6.58 Å². The lowest BCUT2D eigenvalue weighted by Crippen LogP contribution is -1.74. The highest BCUT2D eigenvalue weighted by atomic mass is 32.2. The van der Waals surface area contributed by atoms with Crippen LogP contribution in [0.1, 0.15) is 0 Å². The minimum atomic E-state index is 0.343. The minimum absolute atomic E-state index is 0.343. The predicted octanol–water partition coefficient (Wildman–Crippen LogP) is 0.631. The number of nitriles is 1. The Bertz CT molecular complexity index is 91.5. The Morgan fingerprint density at radius 2 is 2.50 bits per heavy atom. The van der Waals surface area contributed by atoms with Crippen molar-refractivity contribution in [2.75, 3.05) is 0 Å². The fraction of sp³-hybridized carbons (Fsp3) is 0. The van der Waals surface area contributed by atoms with Gasteiger partial charge in [-0.05, 0) is 11.9 Å². The SMILES string of the molecule is C=C(C#N)SN. The molecule has 2 N–H and O–H groups in total. The third-order valence-corrected chi connectivity index (χ3v) is 0.643. The number of rotatable bonds is 1. The molecule has 0 aliphatic carbocycles. The highest BCUT2D eigenvalue weighted by molar-refractivity contribution is 8.01. The van der Waals surface area contributed by atoms with E-state index in [9.17, 15) is 0 Å². The zero-order chi connectivity index (χ0) is 4.99. The van der Waals surface area contributed by atoms with Crippen molar-refractivity contribution < 1.29 is 0 Å². The van der Waals surface area contributed by atoms with Crippen LogP contribution in [0.5, 0.6) is 0 Å². The molecular formula is C3H4N2S. The number of hydrogen-bond donors (Lipinski definition) is 1. The number of hydrogen-bond acceptors (Lipinski definition) is 3. The van der Waals surface area contributed by atoms with E-state index in [1.54, 1.807) is 6.07 Å². The second-order valence-corrected chi connectivity index (χ2v) is 1.38. The van der Waals surface area contributed by atoms with Crippen LogP contribution in [0.4, 0.5) is 0 Å². The van der Waals surface area contributed by atoms with Gasteiger partial charge in [0.15, 0.2) is 0 Å². The lowest BCUT2D eigenvalue weighted by molar-refractivity contribution is 1.53. The lowest BCUT2D eigenvalue weighted by atomic mass is 10.7. The van der Waals surface area contributed by atoms with Gasteiger partial charge >= 0.3 is 0 Å². The second-order valence-electron chi connectivity index (χ2n) is 0.653. The Morgan fingerprint density at radius 3 is 2.50 bits per heavy atom. The molecule has 0 bridgehead atoms. The average molecular weight is 100 g/mol. The molecule has 0 amide bonds. The molecule has 0 radical (unpaired) electrons. The van der Waals surface area contributed by atoms with E-state index in [4.69, 9.17) is 10.4 Å². The van der Waals surface area contributed by atoms with Gasteiger partial charge in [0.2, 0.25) is 0 Å². The molecule has 0 atom stereocenters. The molecule has 32 valence electrons. The largest absolute Gasteiger partial charge is 0.273 e. The third-order valence-electron chi connectivity index (χ3n) is 0.267. The molecule has 6 heavy (non-hydrogen) atoms. The number of allylic oxidation sites excluding steroid dienone is 1. The van der Waals surface area contributed by atoms with Crippen molar-refractivity contribution in [3.05, 3.63) is 11.5 Å². The number of nitrogens with two attached hydrogens (primary N) is 1. The van der Waals surface area contributed by atoms with Gasteiger partial charge in [-0.25, -0.2) is 0 Å². The van der Waals surface area contributed by atoms with Crippen LogP contribution in [-0.2, 0) is 0 Å². The average Bonchev–Trinajstić information content (AvgIpc) is 1.65. The first-order chi connectivity index (χ1) is 2.81. The lowest BCUT2D eigenvalue weighted by Gasteiger charge is -1.76. The summed E-state index contributed by atoms with van der Waals surface area (Å²) in [6.07, 6.45) is 0. The van der Waals surface area contributed by atoms with Gasteiger partial charge in [0, 0.05) is 0 Å². The first-order valence-electron chi connectivity index (χ1n) is 1.27. The van der Waals surface area contributed by atoms with Crippen LogP contribution in [0.15, 0.2) is 11.5 Å². The first-order valence-corrected chi connectivity index (χ1v) is 2.15. The summed E-state index contributed by atoms with van der Waals surface area (Å²) in [4.78, 5) is 0.343. The summed E-state index contributed by atoms with van der Waals surface area (Å²) in [6, 6.07) is 1.76. The summed E-state index contributed by atoms with van der Waals surface area (Å²) in [7, 11) is 0. The third kappa shape index (κ3) is 1.82. The summed E-state index contributed by atoms with van der Waals surface area (Å²) >= 11 is 0.869. The van der Waals surface area contributed by atoms with Crippen molar-refractivity contribution in [2.45, 2.75) is 0 Å². The van der Waals surface area contributed by atoms with Gasteiger partial charge in [-0.15, -0.1) is 0 Å². The van der Waals surface area contributed by atoms with Gasteiger partial charge in [-0.2, -0.15) is 5.26 Å². The van der Waals surface area contributed by atoms with Crippen molar-refractivity contribution in [3.63, 3.8) is 0 Å². The Balaban J connectivity index is 3.33. The maximum absolute atomic E-state index is 7.88. The zero-order valence-electron chi connectivity index (χ0n) is 3.14. The minimum Gasteiger partial charge on any atom is -0.273 e. The van der Waals surface area contributed by atoms with E-state index in [0.29, 0.717) is 4.91 Å². The fourth-order valence-corrected chi connectivity index (χ4v) is 0.0791. The van der Waals surface area contributed by atoms with Crippen LogP contribution in [0.3, 0.4) is 0 Å². The van der Waals surface area contributed by atoms with Crippen molar-refractivity contribution >= 4 is 11.9 Å². The summed E-state index contributed by atoms with van der Waals surface area (Å²) in [5.74, 6) is 0. The summed E-state index contributed by atoms with van der Waals surface area (Å²) in [5, 5.41) is 12.8. The molecule has 0 unspecified atom stereocenters. The predicted molar refractivity (Wildman–Crippen MR) is 26.5 cm³/mol. The molecule has 0 aliphatic rings. The van der Waals surface area contributed by atoms with Crippen molar-refractivity contribution in [2.24, 2.45) is 5.14 Å². The monoisotopic (exact) mass is 100 g/mol. The molecule has 2 nitrogen and oxygen atoms in total. The number of nitrogens with zero attached hydrogens (tertiary/aromatic N) is 1. The smallest absolute Gasteiger partial charge is 0.107 e. The molecule has 0 aromatic rings. The second kappa shape index (κ2) is 2.76. The van der Waals surface area contributed by atoms with Gasteiger partial charge < -0.3 is 0 Å². The van der Waals surface area contributed by atoms with Gasteiger partial charge in [0.1, 0.15) is 6.07 Å². The van der Waals surface area contributed by atoms with Crippen LogP contribution in [0.25, 0.3) is 0 Å². The van der Waals surface area contributed by atoms with E-state index in [2.05, 4.69) is 6.58 Å². The highest BCUT2D eigenvalue weighted by Crippen LogP contribution is 1.98. The first kappa shape index (κ1) is 5.54. The molecule has 0 rings (SSSR count). The van der Waals surface area contributed by atoms with Crippen LogP contribution in [-0.4, -0.2) is 0 Å². The standard InChI is InChI=1S/C3H4N2S/c1-3(2-4)6-5/h1,5H2. The molecule has 0 aliphatic heterocycles. The van der Waals surface area contributed by atoms with E-state index < -0.39 is 0 Å². The molecule has 3 heteroatoms. The molecule has 0 aromatic heterocycles. The Hall–Kier alpha value is -0.460. The summed E-state index contributed by atoms with van der Waals surface area (Å²) < 4.78 is 0. The Labute approximate surface area is 40.8 Å². The Morgan fingerprint density at radius 1 is 2.00 bits per heavy atom. The summed E-state index contributed by atoms with van der Waals surface area (Å²) in [5.41, 5.74) is 0. The van der Waals surface area contributed by atoms with E-state index in [1.165, 1.54) is 0 Å². The van der Waals surface area contributed by atoms with E-state index in [-0.39, 0.29) is 0 Å². The van der Waals surface area contributed by atoms with Crippen LogP contribution in [0, 0.1) is 11.3 Å². The van der Waals surface area contributed by atoms with Gasteiger partial charge in [0.25, 0.3) is 0 Å². The quantitative estimate of drug-likeness (QED) is 0.388. The fourth-order valence-electron chi connectivity index (χ4n) is 0.0264. The topological polar surface area (TPSA) is 49.8 Å². The maximum atomic E-state index is 7.88. The molecule has 0 saturated heterocycles. The van der Waals surface area contributed by atoms with Crippen LogP contribution < -0.4 is 5.14 Å². The molecular weight excluding hydrogens is 96.1 g/mol. The normalized spacial score (nSPS) is 6.67. The molecule has 0 saturated carbocycles. The van der Waals surface area contributed by atoms with E-state index in [0.717, 1.165) is 11.9 Å². The molecule has 0 spiro atoms. The summed E-state index contributed by atoms with van der Waals surface area (Å²) in [6.45, 7) is 3.27. The van der Waals surface area contributed by atoms with E-state index >= 15 is 0 Å². The van der Waals surface area contributed by atoms with Crippen molar-refractivity contribution in [1.82, 2.24) is 0 Å². The van der Waals surface area contributed by atoms with Crippen molar-refractivity contribution in [1.29, 1.82) is 5.26 Å². The zero-order valence-corrected chi connectivity index (χ0v) is 3.96. The van der Waals surface area contributed by atoms with Crippen LogP contribution in [0.2, 0.25) is 0 Å². The highest BCUT2D eigenvalue weighted by Gasteiger charge is 1.78. The Kier molecular flexibility index (Phi) is 2.55. The van der Waals surface area contributed by atoms with Crippen molar-refractivity contribution in [3.8, 4) is 6.07 Å². The van der Waals surface area contributed by atoms with Gasteiger partial charge in [-0.3, -0.25) is 5.14 Å².